The van der Waals surface area contributed by atoms with Gasteiger partial charge in [-0.05, 0) is 31.0 Å². The summed E-state index contributed by atoms with van der Waals surface area (Å²) in [6.07, 6.45) is 4.08. The van der Waals surface area contributed by atoms with Gasteiger partial charge in [0.25, 0.3) is 11.6 Å². The largest absolute Gasteiger partial charge is 0.376 e. The van der Waals surface area contributed by atoms with Crippen LogP contribution in [0.1, 0.15) is 41.9 Å². The molecule has 0 saturated heterocycles. The third kappa shape index (κ3) is 3.66. The number of amides is 1. The van der Waals surface area contributed by atoms with E-state index in [2.05, 4.69) is 20.6 Å². The summed E-state index contributed by atoms with van der Waals surface area (Å²) in [5, 5.41) is 17.5. The van der Waals surface area contributed by atoms with Gasteiger partial charge in [-0.1, -0.05) is 31.0 Å². The number of nitro benzene ring substituents is 1. The van der Waals surface area contributed by atoms with Crippen molar-refractivity contribution in [2.45, 2.75) is 38.3 Å². The smallest absolute Gasteiger partial charge is 0.293 e. The minimum atomic E-state index is -0.451. The second-order valence-corrected chi connectivity index (χ2v) is 6.97. The summed E-state index contributed by atoms with van der Waals surface area (Å²) in [7, 11) is 0. The van der Waals surface area contributed by atoms with E-state index in [1.54, 1.807) is 6.07 Å². The van der Waals surface area contributed by atoms with Gasteiger partial charge in [0, 0.05) is 12.1 Å². The van der Waals surface area contributed by atoms with Crippen LogP contribution in [0.25, 0.3) is 11.0 Å². The van der Waals surface area contributed by atoms with Gasteiger partial charge in [0.15, 0.2) is 0 Å². The van der Waals surface area contributed by atoms with Crippen molar-refractivity contribution in [3.63, 3.8) is 0 Å². The SMILES string of the molecule is O=C(NCc1nc2ccccc2[nH]1)c1cccc([N+](=O)[O-])c1NC1CCCC1. The molecule has 4 rings (SSSR count). The molecule has 2 aromatic carbocycles. The molecule has 1 fully saturated rings. The number of nitro groups is 1. The van der Waals surface area contributed by atoms with Crippen molar-refractivity contribution in [3.05, 3.63) is 64.0 Å². The molecule has 3 aromatic rings. The molecule has 0 bridgehead atoms. The average Bonchev–Trinajstić information content (AvgIpc) is 3.35. The molecule has 1 aromatic heterocycles. The summed E-state index contributed by atoms with van der Waals surface area (Å²) in [6, 6.07) is 12.3. The van der Waals surface area contributed by atoms with Gasteiger partial charge < -0.3 is 15.6 Å². The van der Waals surface area contributed by atoms with Gasteiger partial charge >= 0.3 is 0 Å². The van der Waals surface area contributed by atoms with Gasteiger partial charge in [0.2, 0.25) is 0 Å². The van der Waals surface area contributed by atoms with Crippen LogP contribution in [0.4, 0.5) is 11.4 Å². The van der Waals surface area contributed by atoms with Crippen LogP contribution < -0.4 is 10.6 Å². The van der Waals surface area contributed by atoms with Crippen LogP contribution in [0.3, 0.4) is 0 Å². The molecule has 0 spiro atoms. The van der Waals surface area contributed by atoms with Crippen LogP contribution in [0.5, 0.6) is 0 Å². The summed E-state index contributed by atoms with van der Waals surface area (Å²) < 4.78 is 0. The van der Waals surface area contributed by atoms with Crippen molar-refractivity contribution in [2.75, 3.05) is 5.32 Å². The number of para-hydroxylation sites is 3. The number of hydrogen-bond acceptors (Lipinski definition) is 5. The Hall–Kier alpha value is -3.42. The Morgan fingerprint density at radius 2 is 1.96 bits per heavy atom. The van der Waals surface area contributed by atoms with E-state index in [0.717, 1.165) is 36.7 Å². The molecule has 8 heteroatoms. The maximum atomic E-state index is 12.8. The number of benzene rings is 2. The molecule has 8 nitrogen and oxygen atoms in total. The number of nitrogens with zero attached hydrogens (tertiary/aromatic N) is 2. The number of fused-ring (bicyclic) bond motifs is 1. The Balaban J connectivity index is 1.55. The van der Waals surface area contributed by atoms with Crippen molar-refractivity contribution in [1.82, 2.24) is 15.3 Å². The van der Waals surface area contributed by atoms with Gasteiger partial charge in [-0.25, -0.2) is 4.98 Å². The van der Waals surface area contributed by atoms with Crippen molar-refractivity contribution in [1.29, 1.82) is 0 Å². The minimum Gasteiger partial charge on any atom is -0.376 e. The van der Waals surface area contributed by atoms with Crippen LogP contribution in [0.15, 0.2) is 42.5 Å². The fourth-order valence-corrected chi connectivity index (χ4v) is 3.66. The number of H-pyrrole nitrogens is 1. The molecule has 1 aliphatic carbocycles. The standard InChI is InChI=1S/C20H21N5O3/c26-20(21-12-18-23-15-9-3-4-10-16(15)24-18)14-8-5-11-17(25(27)28)19(14)22-13-6-1-2-7-13/h3-5,8-11,13,22H,1-2,6-7,12H2,(H,21,26)(H,23,24). The minimum absolute atomic E-state index is 0.0803. The molecule has 1 heterocycles. The van der Waals surface area contributed by atoms with Crippen molar-refractivity contribution in [2.24, 2.45) is 0 Å². The molecule has 1 aliphatic rings. The Labute approximate surface area is 161 Å². The number of carbonyl (C=O) groups excluding carboxylic acids is 1. The Morgan fingerprint density at radius 1 is 1.18 bits per heavy atom. The zero-order valence-electron chi connectivity index (χ0n) is 15.3. The molecule has 3 N–H and O–H groups in total. The summed E-state index contributed by atoms with van der Waals surface area (Å²) >= 11 is 0. The molecule has 28 heavy (non-hydrogen) atoms. The number of nitrogens with one attached hydrogen (secondary N) is 3. The second kappa shape index (κ2) is 7.67. The predicted molar refractivity (Wildman–Crippen MR) is 106 cm³/mol. The lowest BCUT2D eigenvalue weighted by atomic mass is 10.1. The molecule has 144 valence electrons. The van der Waals surface area contributed by atoms with E-state index in [0.29, 0.717) is 11.5 Å². The van der Waals surface area contributed by atoms with E-state index in [1.165, 1.54) is 12.1 Å². The van der Waals surface area contributed by atoms with Gasteiger partial charge in [0.05, 0.1) is 28.1 Å². The van der Waals surface area contributed by atoms with Gasteiger partial charge in [-0.15, -0.1) is 0 Å². The topological polar surface area (TPSA) is 113 Å². The van der Waals surface area contributed by atoms with Crippen molar-refractivity contribution in [3.8, 4) is 0 Å². The van der Waals surface area contributed by atoms with Crippen LogP contribution in [0.2, 0.25) is 0 Å². The van der Waals surface area contributed by atoms with Gasteiger partial charge in [0.1, 0.15) is 11.5 Å². The molecular formula is C20H21N5O3. The first-order chi connectivity index (χ1) is 13.6. The number of aromatic amines is 1. The quantitative estimate of drug-likeness (QED) is 0.446. The molecule has 0 atom stereocenters. The highest BCUT2D eigenvalue weighted by molar-refractivity contribution is 6.01. The van der Waals surface area contributed by atoms with E-state index < -0.39 is 4.92 Å². The number of hydrogen-bond donors (Lipinski definition) is 3. The lowest BCUT2D eigenvalue weighted by Gasteiger charge is -2.17. The van der Waals surface area contributed by atoms with E-state index in [1.807, 2.05) is 24.3 Å². The van der Waals surface area contributed by atoms with Gasteiger partial charge in [-0.2, -0.15) is 0 Å². The zero-order chi connectivity index (χ0) is 19.5. The summed E-state index contributed by atoms with van der Waals surface area (Å²) in [5.41, 5.74) is 2.21. The summed E-state index contributed by atoms with van der Waals surface area (Å²) in [6.45, 7) is 0.207. The van der Waals surface area contributed by atoms with Crippen LogP contribution in [-0.2, 0) is 6.54 Å². The van der Waals surface area contributed by atoms with E-state index in [4.69, 9.17) is 0 Å². The lowest BCUT2D eigenvalue weighted by Crippen LogP contribution is -2.26. The number of aromatic nitrogens is 2. The summed E-state index contributed by atoms with van der Waals surface area (Å²) in [4.78, 5) is 31.4. The molecular weight excluding hydrogens is 358 g/mol. The lowest BCUT2D eigenvalue weighted by molar-refractivity contribution is -0.384. The highest BCUT2D eigenvalue weighted by Gasteiger charge is 2.25. The maximum Gasteiger partial charge on any atom is 0.293 e. The Morgan fingerprint density at radius 3 is 2.71 bits per heavy atom. The highest BCUT2D eigenvalue weighted by atomic mass is 16.6. The number of rotatable bonds is 6. The van der Waals surface area contributed by atoms with Crippen molar-refractivity contribution < 1.29 is 9.72 Å². The predicted octanol–water partition coefficient (Wildman–Crippen LogP) is 3.76. The molecule has 1 saturated carbocycles. The molecule has 0 radical (unpaired) electrons. The first-order valence-corrected chi connectivity index (χ1v) is 9.37. The Bertz CT molecular complexity index is 991. The fraction of sp³-hybridized carbons (Fsp3) is 0.300. The van der Waals surface area contributed by atoms with Gasteiger partial charge in [-0.3, -0.25) is 14.9 Å². The number of carbonyl (C=O) groups is 1. The molecule has 0 unspecified atom stereocenters. The van der Waals surface area contributed by atoms with Crippen LogP contribution in [-0.4, -0.2) is 26.8 Å². The van der Waals surface area contributed by atoms with E-state index in [-0.39, 0.29) is 29.7 Å². The molecule has 0 aliphatic heterocycles. The first kappa shape index (κ1) is 18.0. The zero-order valence-corrected chi connectivity index (χ0v) is 15.3. The third-order valence-corrected chi connectivity index (χ3v) is 5.04. The van der Waals surface area contributed by atoms with Crippen LogP contribution >= 0.6 is 0 Å². The number of imidazole rings is 1. The number of anilines is 1. The van der Waals surface area contributed by atoms with E-state index in [9.17, 15) is 14.9 Å². The highest BCUT2D eigenvalue weighted by Crippen LogP contribution is 2.32. The summed E-state index contributed by atoms with van der Waals surface area (Å²) in [5.74, 6) is 0.259. The van der Waals surface area contributed by atoms with Crippen LogP contribution in [0, 0.1) is 10.1 Å². The first-order valence-electron chi connectivity index (χ1n) is 9.37. The monoisotopic (exact) mass is 379 g/mol. The van der Waals surface area contributed by atoms with E-state index >= 15 is 0 Å². The van der Waals surface area contributed by atoms with Crippen molar-refractivity contribution >= 4 is 28.3 Å². The Kier molecular flexibility index (Phi) is 4.92. The molecule has 1 amide bonds. The normalized spacial score (nSPS) is 14.3. The third-order valence-electron chi connectivity index (χ3n) is 5.04. The average molecular weight is 379 g/mol. The second-order valence-electron chi connectivity index (χ2n) is 6.97. The fourth-order valence-electron chi connectivity index (χ4n) is 3.66. The maximum absolute atomic E-state index is 12.8.